The molecule has 0 aromatic heterocycles. The molecule has 4 aliphatic rings. The summed E-state index contributed by atoms with van der Waals surface area (Å²) in [6.07, 6.45) is 3.43. The summed E-state index contributed by atoms with van der Waals surface area (Å²) in [5, 5.41) is 45.1. The average molecular weight is 790 g/mol. The lowest BCUT2D eigenvalue weighted by Crippen LogP contribution is -2.64. The topological polar surface area (TPSA) is 189 Å². The first-order chi connectivity index (χ1) is 26.4. The summed E-state index contributed by atoms with van der Waals surface area (Å²) in [6.45, 7) is 12.9. The molecule has 0 spiro atoms. The maximum atomic E-state index is 14.2. The number of esters is 1. The second-order valence-corrected chi connectivity index (χ2v) is 17.1. The number of carbonyl (C=O) groups excluding carboxylic acids is 4. The zero-order valence-corrected chi connectivity index (χ0v) is 34.4. The summed E-state index contributed by atoms with van der Waals surface area (Å²) in [4.78, 5) is 57.4. The number of Topliss-reactive ketones (excluding diaryl/α,β-unsaturated/α-hetero) is 2. The number of amides is 1. The van der Waals surface area contributed by atoms with E-state index in [0.717, 1.165) is 10.5 Å². The Morgan fingerprint density at radius 3 is 2.30 bits per heavy atom. The van der Waals surface area contributed by atoms with Gasteiger partial charge in [-0.25, -0.2) is 4.79 Å². The molecule has 13 heteroatoms. The summed E-state index contributed by atoms with van der Waals surface area (Å²) in [5.41, 5.74) is 1.56. The van der Waals surface area contributed by atoms with E-state index in [-0.39, 0.29) is 49.5 Å². The summed E-state index contributed by atoms with van der Waals surface area (Å²) in [7, 11) is 3.01. The van der Waals surface area contributed by atoms with Crippen molar-refractivity contribution in [3.8, 4) is 0 Å². The van der Waals surface area contributed by atoms with Crippen molar-refractivity contribution >= 4 is 23.4 Å². The van der Waals surface area contributed by atoms with E-state index in [2.05, 4.69) is 6.58 Å². The van der Waals surface area contributed by atoms with E-state index >= 15 is 0 Å². The Hall–Kier alpha value is -2.78. The number of ketones is 2. The number of hydrogen-bond acceptors (Lipinski definition) is 12. The van der Waals surface area contributed by atoms with Crippen LogP contribution in [-0.4, -0.2) is 124 Å². The molecule has 13 nitrogen and oxygen atoms in total. The van der Waals surface area contributed by atoms with Gasteiger partial charge >= 0.3 is 5.97 Å². The van der Waals surface area contributed by atoms with E-state index < -0.39 is 83.9 Å². The van der Waals surface area contributed by atoms with Crippen LogP contribution in [0.15, 0.2) is 36.0 Å². The highest BCUT2D eigenvalue weighted by Crippen LogP contribution is 2.38. The highest BCUT2D eigenvalue weighted by atomic mass is 16.7. The van der Waals surface area contributed by atoms with Crippen LogP contribution in [-0.2, 0) is 38.1 Å². The molecule has 0 radical (unpaired) electrons. The zero-order valence-electron chi connectivity index (χ0n) is 34.4. The lowest BCUT2D eigenvalue weighted by atomic mass is 9.81. The lowest BCUT2D eigenvalue weighted by Gasteiger charge is -2.46. The van der Waals surface area contributed by atoms with Gasteiger partial charge in [0.1, 0.15) is 24.0 Å². The van der Waals surface area contributed by atoms with Crippen molar-refractivity contribution in [2.45, 2.75) is 160 Å². The van der Waals surface area contributed by atoms with E-state index in [0.29, 0.717) is 56.9 Å². The van der Waals surface area contributed by atoms with Crippen molar-refractivity contribution in [1.29, 1.82) is 0 Å². The van der Waals surface area contributed by atoms with Gasteiger partial charge in [-0.05, 0) is 95.5 Å². The van der Waals surface area contributed by atoms with Crippen molar-refractivity contribution in [2.75, 3.05) is 20.8 Å². The van der Waals surface area contributed by atoms with Crippen molar-refractivity contribution in [3.63, 3.8) is 0 Å². The van der Waals surface area contributed by atoms with Crippen LogP contribution in [0.2, 0.25) is 0 Å². The normalized spacial score (nSPS) is 41.5. The molecule has 1 saturated carbocycles. The second kappa shape index (κ2) is 20.3. The van der Waals surface area contributed by atoms with Crippen LogP contribution < -0.4 is 0 Å². The number of carbonyl (C=O) groups is 4. The van der Waals surface area contributed by atoms with Gasteiger partial charge in [-0.2, -0.15) is 0 Å². The number of methoxy groups -OCH3 is 2. The number of fused-ring (bicyclic) bond motifs is 3. The van der Waals surface area contributed by atoms with Gasteiger partial charge in [-0.1, -0.05) is 44.6 Å². The number of rotatable bonds is 6. The van der Waals surface area contributed by atoms with Crippen LogP contribution in [0.4, 0.5) is 0 Å². The van der Waals surface area contributed by atoms with Crippen molar-refractivity contribution in [1.82, 2.24) is 4.90 Å². The first kappa shape index (κ1) is 45.9. The number of hydrogen-bond donors (Lipinski definition) is 4. The van der Waals surface area contributed by atoms with Gasteiger partial charge in [0.05, 0.1) is 30.5 Å². The average Bonchev–Trinajstić information content (AvgIpc) is 3.16. The predicted octanol–water partition coefficient (Wildman–Crippen LogP) is 3.98. The number of allylic oxidation sites excluding steroid dienone is 4. The van der Waals surface area contributed by atoms with Gasteiger partial charge in [0.15, 0.2) is 0 Å². The minimum atomic E-state index is -2.59. The molecule has 3 fully saturated rings. The first-order valence-electron chi connectivity index (χ1n) is 20.5. The summed E-state index contributed by atoms with van der Waals surface area (Å²) in [6, 6.07) is -1.17. The third-order valence-corrected chi connectivity index (χ3v) is 12.6. The second-order valence-electron chi connectivity index (χ2n) is 17.1. The van der Waals surface area contributed by atoms with Gasteiger partial charge in [0.25, 0.3) is 11.7 Å². The highest BCUT2D eigenvalue weighted by molar-refractivity contribution is 6.39. The van der Waals surface area contributed by atoms with E-state index in [1.54, 1.807) is 27.0 Å². The van der Waals surface area contributed by atoms with E-state index in [4.69, 9.17) is 18.9 Å². The molecule has 0 aromatic rings. The molecule has 2 bridgehead atoms. The summed E-state index contributed by atoms with van der Waals surface area (Å²) >= 11 is 0. The Labute approximate surface area is 332 Å². The fraction of sp³-hybridized carbons (Fsp3) is 0.767. The molecule has 316 valence electrons. The Morgan fingerprint density at radius 2 is 1.64 bits per heavy atom. The molecule has 2 saturated heterocycles. The minimum Gasteiger partial charge on any atom is -0.456 e. The molecule has 3 aliphatic heterocycles. The Bertz CT molecular complexity index is 1460. The highest BCUT2D eigenvalue weighted by Gasteiger charge is 2.56. The molecular formula is C43H67NO12. The van der Waals surface area contributed by atoms with Gasteiger partial charge < -0.3 is 44.3 Å². The molecule has 14 atom stereocenters. The zero-order chi connectivity index (χ0) is 41.5. The van der Waals surface area contributed by atoms with Crippen LogP contribution in [0.25, 0.3) is 0 Å². The molecular weight excluding hydrogens is 722 g/mol. The molecule has 56 heavy (non-hydrogen) atoms. The Kier molecular flexibility index (Phi) is 16.6. The van der Waals surface area contributed by atoms with Crippen LogP contribution in [0.5, 0.6) is 0 Å². The van der Waals surface area contributed by atoms with Crippen LogP contribution in [0, 0.1) is 29.6 Å². The standard InChI is InChI=1S/C43H67NO12/c1-9-12-30-18-24(2)17-25(3)19-37(54-8)39-35(48)21-27(5)43(52,56-39)40(49)41(50)44-16-11-10-13-31(44)42(51)55-38(28(6)33(46)23-34(30)47)26(4)20-29-14-15-32(45)36(22-29)53-7/h9,18,20,25,27-33,35-39,45-46,48,52H,1,10-17,19,21-23H2,2-8H3/b24-18+,26-20+/t25-,27+,28+,29-,30+,31-,32+,33-,35-,36+,37-,38+,39?,43+/m0/s1. The molecule has 4 N–H and O–H groups in total. The monoisotopic (exact) mass is 789 g/mol. The van der Waals surface area contributed by atoms with E-state index in [9.17, 15) is 39.6 Å². The Balaban J connectivity index is 1.77. The number of ether oxygens (including phenoxy) is 4. The van der Waals surface area contributed by atoms with Crippen LogP contribution in [0.1, 0.15) is 105 Å². The van der Waals surface area contributed by atoms with Crippen molar-refractivity contribution in [3.05, 3.63) is 36.0 Å². The fourth-order valence-electron chi connectivity index (χ4n) is 9.22. The maximum absolute atomic E-state index is 14.2. The molecule has 1 amide bonds. The molecule has 3 heterocycles. The third-order valence-electron chi connectivity index (χ3n) is 12.6. The van der Waals surface area contributed by atoms with Crippen LogP contribution in [0.3, 0.4) is 0 Å². The number of aliphatic hydroxyl groups excluding tert-OH is 3. The fourth-order valence-corrected chi connectivity index (χ4v) is 9.22. The minimum absolute atomic E-state index is 0.0192. The summed E-state index contributed by atoms with van der Waals surface area (Å²) in [5.74, 6) is -8.21. The summed E-state index contributed by atoms with van der Waals surface area (Å²) < 4.78 is 23.6. The van der Waals surface area contributed by atoms with Crippen molar-refractivity contribution in [2.24, 2.45) is 29.6 Å². The predicted molar refractivity (Wildman–Crippen MR) is 208 cm³/mol. The first-order valence-corrected chi connectivity index (χ1v) is 20.5. The lowest BCUT2D eigenvalue weighted by molar-refractivity contribution is -0.300. The number of cyclic esters (lactones) is 1. The number of nitrogens with zero attached hydrogens (tertiary/aromatic N) is 1. The molecule has 1 aliphatic carbocycles. The number of aliphatic hydroxyl groups is 4. The largest absolute Gasteiger partial charge is 0.456 e. The van der Waals surface area contributed by atoms with Gasteiger partial charge in [0.2, 0.25) is 5.79 Å². The maximum Gasteiger partial charge on any atom is 0.329 e. The Morgan fingerprint density at radius 1 is 0.946 bits per heavy atom. The smallest absolute Gasteiger partial charge is 0.329 e. The molecule has 0 aromatic carbocycles. The van der Waals surface area contributed by atoms with E-state index in [1.165, 1.54) is 14.0 Å². The molecule has 1 unspecified atom stereocenters. The van der Waals surface area contributed by atoms with Crippen LogP contribution >= 0.6 is 0 Å². The van der Waals surface area contributed by atoms with E-state index in [1.807, 2.05) is 26.0 Å². The third kappa shape index (κ3) is 10.8. The molecule has 4 rings (SSSR count). The van der Waals surface area contributed by atoms with Crippen molar-refractivity contribution < 1.29 is 58.6 Å². The number of piperidine rings is 1. The van der Waals surface area contributed by atoms with Gasteiger partial charge in [-0.15, -0.1) is 6.58 Å². The SMILES string of the molecule is C=CC[C@@H]1/C=C(\C)C[C@H](C)C[C@H](OC)C2O[C@@](O)(C(=O)C(=O)N3CCCC[C@H]3C(=O)O[C@H](/C(C)=C/[C@@H]3CC[C@@H](O)[C@H](OC)C3)[C@H](C)[C@@H](O)CC1=O)[C@H](C)C[C@@H]2O. The van der Waals surface area contributed by atoms with Gasteiger partial charge in [0, 0.05) is 44.9 Å². The quantitative estimate of drug-likeness (QED) is 0.172. The van der Waals surface area contributed by atoms with Gasteiger partial charge in [-0.3, -0.25) is 14.4 Å².